The monoisotopic (exact) mass is 341 g/mol. The first-order valence-corrected chi connectivity index (χ1v) is 9.78. The molecule has 2 aliphatic rings. The molecule has 2 unspecified atom stereocenters. The zero-order valence-corrected chi connectivity index (χ0v) is 15.7. The number of nitrogens with zero attached hydrogens (tertiary/aromatic N) is 2. The van der Waals surface area contributed by atoms with E-state index in [4.69, 9.17) is 0 Å². The predicted octanol–water partition coefficient (Wildman–Crippen LogP) is 1.78. The van der Waals surface area contributed by atoms with Crippen LogP contribution in [0.3, 0.4) is 0 Å². The molecule has 23 heavy (non-hydrogen) atoms. The summed E-state index contributed by atoms with van der Waals surface area (Å²) in [5, 5.41) is 3.21. The minimum atomic E-state index is -0.261. The number of carbonyl (C=O) groups is 2. The van der Waals surface area contributed by atoms with Gasteiger partial charge in [0.1, 0.15) is 6.04 Å². The summed E-state index contributed by atoms with van der Waals surface area (Å²) in [4.78, 5) is 29.3. The molecule has 1 N–H and O–H groups in total. The molecular weight excluding hydrogens is 310 g/mol. The van der Waals surface area contributed by atoms with Gasteiger partial charge in [0.2, 0.25) is 11.8 Å². The van der Waals surface area contributed by atoms with E-state index in [2.05, 4.69) is 26.1 Å². The van der Waals surface area contributed by atoms with Crippen molar-refractivity contribution >= 4 is 23.6 Å². The van der Waals surface area contributed by atoms with Crippen molar-refractivity contribution in [2.24, 2.45) is 11.3 Å². The molecule has 0 aliphatic carbocycles. The molecule has 0 bridgehead atoms. The second kappa shape index (κ2) is 7.88. The van der Waals surface area contributed by atoms with Gasteiger partial charge in [0.05, 0.1) is 5.88 Å². The van der Waals surface area contributed by atoms with Crippen LogP contribution in [0.25, 0.3) is 0 Å². The fourth-order valence-electron chi connectivity index (χ4n) is 3.38. The lowest BCUT2D eigenvalue weighted by Gasteiger charge is -2.36. The van der Waals surface area contributed by atoms with Crippen LogP contribution in [-0.2, 0) is 9.59 Å². The smallest absolute Gasteiger partial charge is 0.246 e. The van der Waals surface area contributed by atoms with Crippen molar-refractivity contribution in [3.63, 3.8) is 0 Å². The molecule has 132 valence electrons. The van der Waals surface area contributed by atoms with E-state index >= 15 is 0 Å². The second-order valence-corrected chi connectivity index (χ2v) is 8.97. The van der Waals surface area contributed by atoms with Crippen LogP contribution in [0.2, 0.25) is 0 Å². The number of nitrogens with one attached hydrogen (secondary N) is 1. The van der Waals surface area contributed by atoms with Gasteiger partial charge in [0.15, 0.2) is 0 Å². The molecule has 2 heterocycles. The van der Waals surface area contributed by atoms with Gasteiger partial charge in [0.25, 0.3) is 0 Å². The molecule has 0 radical (unpaired) electrons. The normalized spacial score (nSPS) is 25.7. The molecule has 2 amide bonds. The Hall–Kier alpha value is -0.750. The first-order chi connectivity index (χ1) is 10.8. The zero-order valence-electron chi connectivity index (χ0n) is 14.9. The molecule has 6 heteroatoms. The number of thioether (sulfide) groups is 1. The third-order valence-electron chi connectivity index (χ3n) is 4.49. The standard InChI is InChI=1S/C17H31N3O2S/c1-17(2,3)8-15(21)20-12-23-11-14(20)16(22)19-7-5-6-13(10-19)9-18-4/h13-14,18H,5-12H2,1-4H3. The Morgan fingerprint density at radius 1 is 1.30 bits per heavy atom. The summed E-state index contributed by atoms with van der Waals surface area (Å²) >= 11 is 1.69. The van der Waals surface area contributed by atoms with Gasteiger partial charge in [-0.15, -0.1) is 11.8 Å². The summed E-state index contributed by atoms with van der Waals surface area (Å²) in [6, 6.07) is -0.261. The van der Waals surface area contributed by atoms with E-state index in [1.165, 1.54) is 6.42 Å². The maximum Gasteiger partial charge on any atom is 0.246 e. The van der Waals surface area contributed by atoms with E-state index in [1.807, 2.05) is 11.9 Å². The number of amides is 2. The summed E-state index contributed by atoms with van der Waals surface area (Å²) in [6.45, 7) is 8.81. The minimum absolute atomic E-state index is 0.0407. The molecule has 0 aromatic heterocycles. The molecule has 2 aliphatic heterocycles. The summed E-state index contributed by atoms with van der Waals surface area (Å²) in [5.74, 6) is 2.19. The summed E-state index contributed by atoms with van der Waals surface area (Å²) in [5.41, 5.74) is -0.0407. The van der Waals surface area contributed by atoms with Crippen LogP contribution in [0.15, 0.2) is 0 Å². The number of hydrogen-bond donors (Lipinski definition) is 1. The molecule has 5 nitrogen and oxygen atoms in total. The first kappa shape index (κ1) is 18.6. The lowest BCUT2D eigenvalue weighted by molar-refractivity contribution is -0.145. The van der Waals surface area contributed by atoms with Crippen LogP contribution in [0.4, 0.5) is 0 Å². The fourth-order valence-corrected chi connectivity index (χ4v) is 4.55. The third-order valence-corrected chi connectivity index (χ3v) is 5.50. The van der Waals surface area contributed by atoms with Gasteiger partial charge in [0, 0.05) is 25.3 Å². The average Bonchev–Trinajstić information content (AvgIpc) is 2.95. The highest BCUT2D eigenvalue weighted by atomic mass is 32.2. The fraction of sp³-hybridized carbons (Fsp3) is 0.882. The van der Waals surface area contributed by atoms with E-state index in [9.17, 15) is 9.59 Å². The van der Waals surface area contributed by atoms with E-state index in [1.54, 1.807) is 16.7 Å². The highest BCUT2D eigenvalue weighted by molar-refractivity contribution is 7.99. The van der Waals surface area contributed by atoms with Gasteiger partial charge in [-0.2, -0.15) is 0 Å². The van der Waals surface area contributed by atoms with Gasteiger partial charge in [-0.25, -0.2) is 0 Å². The Kier molecular flexibility index (Phi) is 6.37. The van der Waals surface area contributed by atoms with Crippen LogP contribution in [0.5, 0.6) is 0 Å². The molecule has 0 spiro atoms. The van der Waals surface area contributed by atoms with Crippen LogP contribution >= 0.6 is 11.8 Å². The topological polar surface area (TPSA) is 52.7 Å². The van der Waals surface area contributed by atoms with Crippen LogP contribution in [0, 0.1) is 11.3 Å². The molecule has 0 saturated carbocycles. The number of carbonyl (C=O) groups excluding carboxylic acids is 2. The predicted molar refractivity (Wildman–Crippen MR) is 95.3 cm³/mol. The lowest BCUT2D eigenvalue weighted by Crippen LogP contribution is -2.52. The minimum Gasteiger partial charge on any atom is -0.341 e. The Morgan fingerprint density at radius 3 is 2.70 bits per heavy atom. The molecule has 2 atom stereocenters. The van der Waals surface area contributed by atoms with Crippen molar-refractivity contribution in [1.82, 2.24) is 15.1 Å². The maximum absolute atomic E-state index is 12.9. The van der Waals surface area contributed by atoms with Crippen molar-refractivity contribution in [2.45, 2.75) is 46.1 Å². The second-order valence-electron chi connectivity index (χ2n) is 7.97. The number of piperidine rings is 1. The summed E-state index contributed by atoms with van der Waals surface area (Å²) in [7, 11) is 1.96. The van der Waals surface area contributed by atoms with Gasteiger partial charge in [-0.3, -0.25) is 9.59 Å². The number of likely N-dealkylation sites (tertiary alicyclic amines) is 1. The van der Waals surface area contributed by atoms with E-state index in [0.717, 1.165) is 31.8 Å². The largest absolute Gasteiger partial charge is 0.341 e. The quantitative estimate of drug-likeness (QED) is 0.847. The van der Waals surface area contributed by atoms with Gasteiger partial charge in [-0.05, 0) is 37.8 Å². The van der Waals surface area contributed by atoms with Crippen LogP contribution < -0.4 is 5.32 Å². The van der Waals surface area contributed by atoms with E-state index in [0.29, 0.717) is 18.2 Å². The Bertz CT molecular complexity index is 434. The van der Waals surface area contributed by atoms with Gasteiger partial charge in [-0.1, -0.05) is 20.8 Å². The van der Waals surface area contributed by atoms with Gasteiger partial charge >= 0.3 is 0 Å². The number of hydrogen-bond acceptors (Lipinski definition) is 4. The van der Waals surface area contributed by atoms with Crippen molar-refractivity contribution in [3.05, 3.63) is 0 Å². The van der Waals surface area contributed by atoms with Crippen LogP contribution in [-0.4, -0.2) is 66.0 Å². The molecule has 2 saturated heterocycles. The first-order valence-electron chi connectivity index (χ1n) is 8.62. The molecule has 2 rings (SSSR count). The maximum atomic E-state index is 12.9. The Morgan fingerprint density at radius 2 is 2.04 bits per heavy atom. The third kappa shape index (κ3) is 5.11. The molecule has 0 aromatic rings. The van der Waals surface area contributed by atoms with E-state index in [-0.39, 0.29) is 23.3 Å². The SMILES string of the molecule is CNCC1CCCN(C(=O)C2CSCN2C(=O)CC(C)(C)C)C1. The molecular formula is C17H31N3O2S. The van der Waals surface area contributed by atoms with Crippen molar-refractivity contribution in [2.75, 3.05) is 38.3 Å². The zero-order chi connectivity index (χ0) is 17.0. The van der Waals surface area contributed by atoms with Crippen molar-refractivity contribution in [1.29, 1.82) is 0 Å². The van der Waals surface area contributed by atoms with Crippen LogP contribution in [0.1, 0.15) is 40.0 Å². The molecule has 2 fully saturated rings. The summed E-state index contributed by atoms with van der Waals surface area (Å²) < 4.78 is 0. The highest BCUT2D eigenvalue weighted by Gasteiger charge is 2.38. The average molecular weight is 342 g/mol. The van der Waals surface area contributed by atoms with E-state index < -0.39 is 0 Å². The summed E-state index contributed by atoms with van der Waals surface area (Å²) in [6.07, 6.45) is 2.74. The number of rotatable bonds is 4. The van der Waals surface area contributed by atoms with Crippen molar-refractivity contribution in [3.8, 4) is 0 Å². The van der Waals surface area contributed by atoms with Crippen molar-refractivity contribution < 1.29 is 9.59 Å². The molecule has 0 aromatic carbocycles. The lowest BCUT2D eigenvalue weighted by atomic mass is 9.91. The highest BCUT2D eigenvalue weighted by Crippen LogP contribution is 2.28. The van der Waals surface area contributed by atoms with Gasteiger partial charge < -0.3 is 15.1 Å². The Balaban J connectivity index is 1.98. The Labute approximate surface area is 144 Å².